The van der Waals surface area contributed by atoms with E-state index in [1.165, 1.54) is 0 Å². The van der Waals surface area contributed by atoms with Crippen LogP contribution >= 0.6 is 0 Å². The van der Waals surface area contributed by atoms with Crippen molar-refractivity contribution in [2.45, 2.75) is 95.1 Å². The van der Waals surface area contributed by atoms with Gasteiger partial charge in [-0.3, -0.25) is 0 Å². The van der Waals surface area contributed by atoms with E-state index in [-0.39, 0.29) is 23.3 Å². The van der Waals surface area contributed by atoms with Crippen LogP contribution in [-0.4, -0.2) is 48.1 Å². The van der Waals surface area contributed by atoms with E-state index in [1.807, 2.05) is 21.0 Å². The maximum Gasteiger partial charge on any atom is 0.0788 e. The zero-order chi connectivity index (χ0) is 19.3. The quantitative estimate of drug-likeness (QED) is 0.729. The number of nitrogens with zero attached hydrogens (tertiary/aromatic N) is 2. The van der Waals surface area contributed by atoms with Gasteiger partial charge in [-0.25, -0.2) is 0 Å². The van der Waals surface area contributed by atoms with E-state index in [0.717, 1.165) is 44.1 Å². The first-order chi connectivity index (χ1) is 12.1. The highest BCUT2D eigenvalue weighted by molar-refractivity contribution is 5.22. The van der Waals surface area contributed by atoms with Crippen molar-refractivity contribution in [2.24, 2.45) is 17.8 Å². The third-order valence-electron chi connectivity index (χ3n) is 8.09. The zero-order valence-corrected chi connectivity index (χ0v) is 17.6. The summed E-state index contributed by atoms with van der Waals surface area (Å²) in [5.41, 5.74) is 0.228. The van der Waals surface area contributed by atoms with E-state index in [0.29, 0.717) is 17.8 Å². The Morgan fingerprint density at radius 2 is 1.69 bits per heavy atom. The minimum atomic E-state index is -0.733. The predicted molar refractivity (Wildman–Crippen MR) is 108 cm³/mol. The number of rotatable bonds is 4. The summed E-state index contributed by atoms with van der Waals surface area (Å²) in [7, 11) is 3.84. The van der Waals surface area contributed by atoms with Crippen molar-refractivity contribution in [3.8, 4) is 0 Å². The summed E-state index contributed by atoms with van der Waals surface area (Å²) in [6, 6.07) is -0.0445. The molecule has 1 N–H and O–H groups in total. The van der Waals surface area contributed by atoms with Gasteiger partial charge in [-0.15, -0.1) is 11.6 Å². The summed E-state index contributed by atoms with van der Waals surface area (Å²) in [5, 5.41) is 20.7. The lowest BCUT2D eigenvalue weighted by Gasteiger charge is -2.67. The van der Waals surface area contributed by atoms with Gasteiger partial charge in [-0.2, -0.15) is 14.1 Å². The van der Waals surface area contributed by atoms with Crippen LogP contribution in [0.25, 0.3) is 10.6 Å². The van der Waals surface area contributed by atoms with E-state index in [4.69, 9.17) is 15.4 Å². The Morgan fingerprint density at radius 1 is 1.04 bits per heavy atom. The average Bonchev–Trinajstić information content (AvgIpc) is 2.98. The van der Waals surface area contributed by atoms with Crippen molar-refractivity contribution in [1.29, 1.82) is 0 Å². The van der Waals surface area contributed by atoms with Crippen LogP contribution < -0.4 is 0 Å². The van der Waals surface area contributed by atoms with Gasteiger partial charge in [0.05, 0.1) is 11.7 Å². The van der Waals surface area contributed by atoms with E-state index in [1.54, 1.807) is 0 Å². The summed E-state index contributed by atoms with van der Waals surface area (Å²) in [5.74, 6) is 1.19. The highest BCUT2D eigenvalue weighted by atomic mass is 16.5. The molecule has 2 saturated carbocycles. The van der Waals surface area contributed by atoms with Crippen LogP contribution in [0.4, 0.5) is 0 Å². The van der Waals surface area contributed by atoms with Crippen LogP contribution in [0.5, 0.6) is 0 Å². The molecule has 150 valence electrons. The number of hydrogen-bond acceptors (Lipinski definition) is 2. The molecule has 0 aromatic carbocycles. The molecule has 8 unspecified atom stereocenters. The molecule has 4 nitrogen and oxygen atoms in total. The Balaban J connectivity index is 1.96. The van der Waals surface area contributed by atoms with Gasteiger partial charge in [0.2, 0.25) is 0 Å². The summed E-state index contributed by atoms with van der Waals surface area (Å²) < 4.78 is 6.61. The van der Waals surface area contributed by atoms with Gasteiger partial charge in [0.1, 0.15) is 0 Å². The maximum absolute atomic E-state index is 11.1. The highest BCUT2D eigenvalue weighted by Gasteiger charge is 2.55. The SMILES string of the molecule is C=C(C)C1CCC(C)(C2CCC(C)([N-]C)C3CCC(C)(O)C([N-]C)C32)O1. The van der Waals surface area contributed by atoms with Gasteiger partial charge in [-0.1, -0.05) is 31.4 Å². The minimum absolute atomic E-state index is 0.0106. The molecule has 1 saturated heterocycles. The van der Waals surface area contributed by atoms with Gasteiger partial charge in [0.25, 0.3) is 0 Å². The minimum Gasteiger partial charge on any atom is -0.660 e. The summed E-state index contributed by atoms with van der Waals surface area (Å²) in [6.07, 6.45) is 6.31. The predicted octanol–water partition coefficient (Wildman–Crippen LogP) is 4.82. The topological polar surface area (TPSA) is 57.7 Å². The average molecular weight is 363 g/mol. The van der Waals surface area contributed by atoms with Crippen molar-refractivity contribution in [1.82, 2.24) is 0 Å². The highest BCUT2D eigenvalue weighted by Crippen LogP contribution is 2.59. The maximum atomic E-state index is 11.1. The normalized spacial score (nSPS) is 51.9. The Hall–Kier alpha value is -0.420. The molecule has 0 aromatic heterocycles. The molecule has 26 heavy (non-hydrogen) atoms. The Morgan fingerprint density at radius 3 is 2.23 bits per heavy atom. The molecule has 4 heteroatoms. The van der Waals surface area contributed by atoms with Crippen LogP contribution in [0.3, 0.4) is 0 Å². The molecule has 0 spiro atoms. The van der Waals surface area contributed by atoms with Crippen molar-refractivity contribution < 1.29 is 9.84 Å². The summed E-state index contributed by atoms with van der Waals surface area (Å²) >= 11 is 0. The first-order valence-corrected chi connectivity index (χ1v) is 10.3. The molecule has 3 rings (SSSR count). The molecular formula is C22H38N2O2-2. The smallest absolute Gasteiger partial charge is 0.0788 e. The number of hydrogen-bond donors (Lipinski definition) is 1. The third-order valence-corrected chi connectivity index (χ3v) is 8.09. The van der Waals surface area contributed by atoms with Gasteiger partial charge in [0.15, 0.2) is 0 Å². The van der Waals surface area contributed by atoms with Crippen molar-refractivity contribution in [2.75, 3.05) is 14.1 Å². The second kappa shape index (κ2) is 6.88. The standard InChI is InChI=1S/C22H38N2O2/c1-14(2)17-10-13-22(5,26-17)16-8-11-20(3,24-7)15-9-12-21(4,25)19(23-6)18(15)16/h15-19,25H,1,8-13H2,2-7H3/q-2. The van der Waals surface area contributed by atoms with Gasteiger partial charge in [0, 0.05) is 5.60 Å². The van der Waals surface area contributed by atoms with Gasteiger partial charge >= 0.3 is 0 Å². The molecule has 2 aliphatic carbocycles. The summed E-state index contributed by atoms with van der Waals surface area (Å²) in [4.78, 5) is 0. The van der Waals surface area contributed by atoms with E-state index in [9.17, 15) is 5.11 Å². The fraction of sp³-hybridized carbons (Fsp3) is 0.909. The molecular weight excluding hydrogens is 324 g/mol. The first kappa shape index (κ1) is 20.3. The lowest BCUT2D eigenvalue weighted by atomic mass is 9.51. The number of ether oxygens (including phenoxy) is 1. The van der Waals surface area contributed by atoms with Crippen molar-refractivity contribution in [3.63, 3.8) is 0 Å². The molecule has 3 aliphatic rings. The van der Waals surface area contributed by atoms with Gasteiger partial charge < -0.3 is 20.5 Å². The Labute approximate surface area is 160 Å². The third kappa shape index (κ3) is 3.17. The lowest BCUT2D eigenvalue weighted by molar-refractivity contribution is -0.139. The number of likely N-dealkylation sites (N-methyl/N-ethyl adjacent to an activating group) is 1. The molecule has 0 bridgehead atoms. The zero-order valence-electron chi connectivity index (χ0n) is 17.6. The molecule has 3 fully saturated rings. The lowest BCUT2D eigenvalue weighted by Crippen LogP contribution is -2.62. The molecule has 0 radical (unpaired) electrons. The second-order valence-corrected chi connectivity index (χ2v) is 9.81. The van der Waals surface area contributed by atoms with E-state index in [2.05, 4.69) is 27.4 Å². The monoisotopic (exact) mass is 362 g/mol. The van der Waals surface area contributed by atoms with Crippen LogP contribution in [0.15, 0.2) is 12.2 Å². The summed E-state index contributed by atoms with van der Waals surface area (Å²) in [6.45, 7) is 12.8. The van der Waals surface area contributed by atoms with Crippen LogP contribution in [0.1, 0.15) is 66.2 Å². The van der Waals surface area contributed by atoms with Crippen LogP contribution in [-0.2, 0) is 4.74 Å². The van der Waals surface area contributed by atoms with Crippen molar-refractivity contribution in [3.05, 3.63) is 22.8 Å². The molecule has 1 aliphatic heterocycles. The number of fused-ring (bicyclic) bond motifs is 1. The second-order valence-electron chi connectivity index (χ2n) is 9.81. The number of aliphatic hydroxyl groups is 1. The molecule has 0 amide bonds. The van der Waals surface area contributed by atoms with E-state index < -0.39 is 5.60 Å². The van der Waals surface area contributed by atoms with E-state index >= 15 is 0 Å². The van der Waals surface area contributed by atoms with Crippen LogP contribution in [0.2, 0.25) is 0 Å². The first-order valence-electron chi connectivity index (χ1n) is 10.3. The van der Waals surface area contributed by atoms with Gasteiger partial charge in [-0.05, 0) is 64.7 Å². The molecule has 1 heterocycles. The Kier molecular flexibility index (Phi) is 5.37. The molecule has 8 atom stereocenters. The Bertz CT molecular complexity index is 548. The molecule has 0 aromatic rings. The largest absolute Gasteiger partial charge is 0.660 e. The van der Waals surface area contributed by atoms with Crippen LogP contribution in [0, 0.1) is 17.8 Å². The van der Waals surface area contributed by atoms with Crippen molar-refractivity contribution >= 4 is 0 Å². The fourth-order valence-electron chi connectivity index (χ4n) is 6.39. The fourth-order valence-corrected chi connectivity index (χ4v) is 6.39.